The lowest BCUT2D eigenvalue weighted by atomic mass is 10.1. The monoisotopic (exact) mass is 385 g/mol. The van der Waals surface area contributed by atoms with Gasteiger partial charge in [-0.1, -0.05) is 28.1 Å². The van der Waals surface area contributed by atoms with Crippen LogP contribution in [0.1, 0.15) is 17.1 Å². The van der Waals surface area contributed by atoms with E-state index in [1.165, 1.54) is 17.8 Å². The van der Waals surface area contributed by atoms with E-state index in [9.17, 15) is 18.0 Å². The Morgan fingerprint density at radius 1 is 1.22 bits per heavy atom. The minimum atomic E-state index is -4.62. The van der Waals surface area contributed by atoms with E-state index in [1.807, 2.05) is 24.3 Å². The van der Waals surface area contributed by atoms with Crippen molar-refractivity contribution < 1.29 is 13.2 Å². The predicted molar refractivity (Wildman–Crippen MR) is 82.4 cm³/mol. The number of aromatic nitrogens is 3. The molecule has 0 amide bonds. The smallest absolute Gasteiger partial charge is 0.312 e. The van der Waals surface area contributed by atoms with Crippen LogP contribution in [0.25, 0.3) is 5.52 Å². The number of fused-ring (bicyclic) bond motifs is 1. The lowest BCUT2D eigenvalue weighted by Gasteiger charge is -2.11. The second-order valence-corrected chi connectivity index (χ2v) is 6.04. The van der Waals surface area contributed by atoms with Crippen LogP contribution in [0, 0.1) is 0 Å². The maximum Gasteiger partial charge on any atom is 0.450 e. The molecule has 1 aromatic carbocycles. The van der Waals surface area contributed by atoms with Gasteiger partial charge in [0.1, 0.15) is 5.52 Å². The lowest BCUT2D eigenvalue weighted by molar-refractivity contribution is -0.145. The van der Waals surface area contributed by atoms with Crippen molar-refractivity contribution in [2.45, 2.75) is 12.6 Å². The summed E-state index contributed by atoms with van der Waals surface area (Å²) in [7, 11) is 1.54. The molecule has 0 spiro atoms. The molecular formula is C15H11BrF3N3O. The van der Waals surface area contributed by atoms with Crippen molar-refractivity contribution in [3.05, 3.63) is 68.6 Å². The van der Waals surface area contributed by atoms with Gasteiger partial charge in [0, 0.05) is 29.8 Å². The van der Waals surface area contributed by atoms with Gasteiger partial charge in [-0.3, -0.25) is 9.20 Å². The third-order valence-corrected chi connectivity index (χ3v) is 4.11. The summed E-state index contributed by atoms with van der Waals surface area (Å²) in [6.07, 6.45) is -2.01. The van der Waals surface area contributed by atoms with Crippen molar-refractivity contribution in [3.63, 3.8) is 0 Å². The lowest BCUT2D eigenvalue weighted by Crippen LogP contribution is -2.24. The first-order valence-electron chi connectivity index (χ1n) is 6.65. The molecule has 2 aromatic heterocycles. The quantitative estimate of drug-likeness (QED) is 0.678. The highest BCUT2D eigenvalue weighted by atomic mass is 79.9. The normalized spacial score (nSPS) is 12.0. The number of rotatable bonds is 2. The summed E-state index contributed by atoms with van der Waals surface area (Å²) in [5, 5.41) is 0. The molecule has 3 aromatic rings. The van der Waals surface area contributed by atoms with Gasteiger partial charge in [-0.2, -0.15) is 13.2 Å². The Hall–Kier alpha value is -2.09. The number of benzene rings is 1. The van der Waals surface area contributed by atoms with Gasteiger partial charge >= 0.3 is 6.18 Å². The van der Waals surface area contributed by atoms with Gasteiger partial charge in [-0.15, -0.1) is 0 Å². The Morgan fingerprint density at radius 3 is 2.48 bits per heavy atom. The zero-order valence-corrected chi connectivity index (χ0v) is 13.5. The van der Waals surface area contributed by atoms with E-state index >= 15 is 0 Å². The summed E-state index contributed by atoms with van der Waals surface area (Å²) >= 11 is 3.32. The number of hydrogen-bond donors (Lipinski definition) is 0. The first kappa shape index (κ1) is 15.8. The molecule has 23 heavy (non-hydrogen) atoms. The van der Waals surface area contributed by atoms with Crippen LogP contribution in [-0.2, 0) is 19.6 Å². The van der Waals surface area contributed by atoms with Gasteiger partial charge in [0.05, 0.1) is 6.20 Å². The largest absolute Gasteiger partial charge is 0.450 e. The summed E-state index contributed by atoms with van der Waals surface area (Å²) in [5.41, 5.74) is 0.742. The summed E-state index contributed by atoms with van der Waals surface area (Å²) in [4.78, 5) is 15.6. The Labute approximate surface area is 137 Å². The van der Waals surface area contributed by atoms with Gasteiger partial charge in [-0.05, 0) is 17.7 Å². The molecule has 0 aliphatic heterocycles. The van der Waals surface area contributed by atoms with E-state index in [-0.39, 0.29) is 5.52 Å². The van der Waals surface area contributed by atoms with Crippen LogP contribution >= 0.6 is 15.9 Å². The average molecular weight is 386 g/mol. The molecule has 0 N–H and O–H groups in total. The molecule has 0 unspecified atom stereocenters. The number of nitrogens with zero attached hydrogens (tertiary/aromatic N) is 3. The topological polar surface area (TPSA) is 39.3 Å². The van der Waals surface area contributed by atoms with Crippen molar-refractivity contribution in [1.82, 2.24) is 14.0 Å². The minimum Gasteiger partial charge on any atom is -0.312 e. The Bertz CT molecular complexity index is 926. The van der Waals surface area contributed by atoms with Crippen LogP contribution in [0.5, 0.6) is 0 Å². The maximum atomic E-state index is 13.0. The Morgan fingerprint density at radius 2 is 1.87 bits per heavy atom. The molecule has 4 nitrogen and oxygen atoms in total. The fourth-order valence-electron chi connectivity index (χ4n) is 2.37. The zero-order chi connectivity index (χ0) is 16.8. The summed E-state index contributed by atoms with van der Waals surface area (Å²) in [6, 6.07) is 7.36. The summed E-state index contributed by atoms with van der Waals surface area (Å²) in [6.45, 7) is 0. The molecule has 0 saturated heterocycles. The number of halogens is 4. The molecular weight excluding hydrogens is 375 g/mol. The predicted octanol–water partition coefficient (Wildman–Crippen LogP) is 3.41. The summed E-state index contributed by atoms with van der Waals surface area (Å²) < 4.78 is 42.0. The van der Waals surface area contributed by atoms with Crippen LogP contribution < -0.4 is 5.56 Å². The maximum absolute atomic E-state index is 13.0. The van der Waals surface area contributed by atoms with Gasteiger partial charge in [0.15, 0.2) is 0 Å². The van der Waals surface area contributed by atoms with E-state index < -0.39 is 17.6 Å². The molecule has 0 fully saturated rings. The number of alkyl halides is 3. The van der Waals surface area contributed by atoms with E-state index in [0.717, 1.165) is 20.6 Å². The first-order valence-corrected chi connectivity index (χ1v) is 7.44. The van der Waals surface area contributed by atoms with Crippen LogP contribution in [0.2, 0.25) is 0 Å². The molecule has 0 saturated carbocycles. The van der Waals surface area contributed by atoms with E-state index in [2.05, 4.69) is 20.9 Å². The zero-order valence-electron chi connectivity index (χ0n) is 11.9. The molecule has 3 rings (SSSR count). The first-order chi connectivity index (χ1) is 10.8. The van der Waals surface area contributed by atoms with Crippen LogP contribution in [0.4, 0.5) is 13.2 Å². The van der Waals surface area contributed by atoms with Crippen LogP contribution in [0.3, 0.4) is 0 Å². The average Bonchev–Trinajstić information content (AvgIpc) is 2.91. The molecule has 0 bridgehead atoms. The second-order valence-electron chi connectivity index (χ2n) is 5.12. The molecule has 0 aliphatic rings. The Kier molecular flexibility index (Phi) is 3.79. The van der Waals surface area contributed by atoms with Crippen molar-refractivity contribution in [1.29, 1.82) is 0 Å². The van der Waals surface area contributed by atoms with Crippen molar-refractivity contribution in [2.24, 2.45) is 7.05 Å². The van der Waals surface area contributed by atoms with Gasteiger partial charge < -0.3 is 4.57 Å². The Balaban J connectivity index is 2.15. The van der Waals surface area contributed by atoms with E-state index in [0.29, 0.717) is 12.1 Å². The van der Waals surface area contributed by atoms with Crippen molar-refractivity contribution in [3.8, 4) is 0 Å². The fourth-order valence-corrected chi connectivity index (χ4v) is 2.64. The van der Waals surface area contributed by atoms with E-state index in [1.54, 1.807) is 0 Å². The van der Waals surface area contributed by atoms with E-state index in [4.69, 9.17) is 0 Å². The van der Waals surface area contributed by atoms with Gasteiger partial charge in [-0.25, -0.2) is 4.98 Å². The highest BCUT2D eigenvalue weighted by molar-refractivity contribution is 9.10. The van der Waals surface area contributed by atoms with Crippen LogP contribution in [-0.4, -0.2) is 14.0 Å². The minimum absolute atomic E-state index is 0.0978. The SMILES string of the molecule is Cn1c(Cc2ccc(Br)cc2)cn2c(C(F)(F)F)ncc2c1=O. The fraction of sp³-hybridized carbons (Fsp3) is 0.200. The van der Waals surface area contributed by atoms with Gasteiger partial charge in [0.25, 0.3) is 5.56 Å². The molecule has 2 heterocycles. The molecule has 120 valence electrons. The third kappa shape index (κ3) is 2.90. The molecule has 0 atom stereocenters. The third-order valence-electron chi connectivity index (χ3n) is 3.58. The molecule has 0 aliphatic carbocycles. The standard InChI is InChI=1S/C15H11BrF3N3O/c1-21-11(6-9-2-4-10(16)5-3-9)8-22-12(13(21)23)7-20-14(22)15(17,18)19/h2-5,7-8H,6H2,1H3. The van der Waals surface area contributed by atoms with Crippen molar-refractivity contribution in [2.75, 3.05) is 0 Å². The second kappa shape index (κ2) is 5.52. The van der Waals surface area contributed by atoms with Crippen LogP contribution in [0.15, 0.2) is 45.9 Å². The highest BCUT2D eigenvalue weighted by Crippen LogP contribution is 2.28. The van der Waals surface area contributed by atoms with Gasteiger partial charge in [0.2, 0.25) is 5.82 Å². The summed E-state index contributed by atoms with van der Waals surface area (Å²) in [5.74, 6) is -1.10. The van der Waals surface area contributed by atoms with Crippen molar-refractivity contribution >= 4 is 21.4 Å². The molecule has 8 heteroatoms. The number of hydrogen-bond acceptors (Lipinski definition) is 2. The molecule has 0 radical (unpaired) electrons. The number of imidazole rings is 1. The highest BCUT2D eigenvalue weighted by Gasteiger charge is 2.36.